The number of aryl methyl sites for hydroxylation is 2. The number of fused-ring (bicyclic) bond motifs is 5. The second-order valence-corrected chi connectivity index (χ2v) is 9.92. The van der Waals surface area contributed by atoms with E-state index in [1.165, 1.54) is 40.6 Å². The van der Waals surface area contributed by atoms with Crippen LogP contribution in [0.2, 0.25) is 0 Å². The SMILES string of the molecule is NC(=O)CSc1nnc2c3c4c(sc3nc(SCc3ccccc3)n12)CCCC4. The zero-order valence-electron chi connectivity index (χ0n) is 15.6. The minimum atomic E-state index is -0.368. The van der Waals surface area contributed by atoms with Gasteiger partial charge in [0, 0.05) is 10.6 Å². The molecule has 0 saturated heterocycles. The number of carbonyl (C=O) groups is 1. The average molecular weight is 442 g/mol. The van der Waals surface area contributed by atoms with Crippen molar-refractivity contribution in [1.29, 1.82) is 0 Å². The van der Waals surface area contributed by atoms with E-state index in [0.717, 1.165) is 39.6 Å². The summed E-state index contributed by atoms with van der Waals surface area (Å²) in [6.07, 6.45) is 4.62. The monoisotopic (exact) mass is 441 g/mol. The van der Waals surface area contributed by atoms with Crippen molar-refractivity contribution in [2.75, 3.05) is 5.75 Å². The van der Waals surface area contributed by atoms with Crippen LogP contribution in [0.5, 0.6) is 0 Å². The maximum Gasteiger partial charge on any atom is 0.227 e. The molecule has 0 aliphatic heterocycles. The van der Waals surface area contributed by atoms with E-state index < -0.39 is 0 Å². The van der Waals surface area contributed by atoms with Crippen molar-refractivity contribution in [3.63, 3.8) is 0 Å². The fourth-order valence-electron chi connectivity index (χ4n) is 3.65. The van der Waals surface area contributed by atoms with E-state index in [9.17, 15) is 4.79 Å². The highest BCUT2D eigenvalue weighted by molar-refractivity contribution is 8.00. The summed E-state index contributed by atoms with van der Waals surface area (Å²) in [5.41, 5.74) is 8.81. The highest BCUT2D eigenvalue weighted by Crippen LogP contribution is 2.39. The van der Waals surface area contributed by atoms with Gasteiger partial charge in [-0.1, -0.05) is 53.9 Å². The molecule has 0 radical (unpaired) electrons. The molecule has 0 fully saturated rings. The zero-order valence-corrected chi connectivity index (χ0v) is 18.1. The predicted molar refractivity (Wildman–Crippen MR) is 119 cm³/mol. The maximum absolute atomic E-state index is 11.3. The van der Waals surface area contributed by atoms with Gasteiger partial charge in [0.15, 0.2) is 16.0 Å². The van der Waals surface area contributed by atoms with Crippen molar-refractivity contribution in [3.8, 4) is 0 Å². The smallest absolute Gasteiger partial charge is 0.227 e. The van der Waals surface area contributed by atoms with Gasteiger partial charge in [0.1, 0.15) is 4.83 Å². The Balaban J connectivity index is 1.64. The Kier molecular flexibility index (Phi) is 5.19. The molecule has 2 N–H and O–H groups in total. The number of thioether (sulfide) groups is 2. The van der Waals surface area contributed by atoms with Crippen LogP contribution in [0.3, 0.4) is 0 Å². The van der Waals surface area contributed by atoms with Crippen molar-refractivity contribution >= 4 is 56.6 Å². The third-order valence-electron chi connectivity index (χ3n) is 4.95. The fraction of sp³-hybridized carbons (Fsp3) is 0.300. The predicted octanol–water partition coefficient (Wildman–Crippen LogP) is 4.09. The first-order valence-electron chi connectivity index (χ1n) is 9.48. The van der Waals surface area contributed by atoms with Crippen molar-refractivity contribution in [1.82, 2.24) is 19.6 Å². The van der Waals surface area contributed by atoms with Crippen LogP contribution in [0.25, 0.3) is 15.9 Å². The third kappa shape index (κ3) is 3.62. The summed E-state index contributed by atoms with van der Waals surface area (Å²) < 4.78 is 2.01. The largest absolute Gasteiger partial charge is 0.369 e. The van der Waals surface area contributed by atoms with Gasteiger partial charge in [-0.3, -0.25) is 4.79 Å². The normalized spacial score (nSPS) is 13.8. The van der Waals surface area contributed by atoms with Crippen molar-refractivity contribution < 1.29 is 4.79 Å². The average Bonchev–Trinajstić information content (AvgIpc) is 3.32. The van der Waals surface area contributed by atoms with Gasteiger partial charge in [-0.2, -0.15) is 0 Å². The third-order valence-corrected chi connectivity index (χ3v) is 8.10. The van der Waals surface area contributed by atoms with Crippen LogP contribution in [-0.4, -0.2) is 31.2 Å². The Morgan fingerprint density at radius 1 is 1.10 bits per heavy atom. The molecule has 1 amide bonds. The lowest BCUT2D eigenvalue weighted by molar-refractivity contribution is -0.115. The molecule has 3 aromatic heterocycles. The van der Waals surface area contributed by atoms with Crippen molar-refractivity contribution in [2.45, 2.75) is 41.7 Å². The number of hydrogen-bond donors (Lipinski definition) is 1. The van der Waals surface area contributed by atoms with Crippen molar-refractivity contribution in [2.24, 2.45) is 5.73 Å². The summed E-state index contributed by atoms with van der Waals surface area (Å²) >= 11 is 4.77. The van der Waals surface area contributed by atoms with Gasteiger partial charge in [0.05, 0.1) is 11.1 Å². The fourth-order valence-corrected chi connectivity index (χ4v) is 6.64. The number of hydrogen-bond acceptors (Lipinski definition) is 7. The minimum Gasteiger partial charge on any atom is -0.369 e. The van der Waals surface area contributed by atoms with E-state index in [1.54, 1.807) is 23.1 Å². The highest BCUT2D eigenvalue weighted by atomic mass is 32.2. The standard InChI is InChI=1S/C20H19N5OS3/c21-15(26)11-28-20-24-23-17-16-13-8-4-5-9-14(13)29-18(16)22-19(25(17)20)27-10-12-6-2-1-3-7-12/h1-3,6-7H,4-5,8-11H2,(H2,21,26). The molecule has 0 saturated carbocycles. The van der Waals surface area contributed by atoms with Gasteiger partial charge in [0.25, 0.3) is 0 Å². The summed E-state index contributed by atoms with van der Waals surface area (Å²) in [6, 6.07) is 10.3. The van der Waals surface area contributed by atoms with E-state index >= 15 is 0 Å². The van der Waals surface area contributed by atoms with Gasteiger partial charge in [-0.05, 0) is 36.8 Å². The lowest BCUT2D eigenvalue weighted by Gasteiger charge is -2.11. The highest BCUT2D eigenvalue weighted by Gasteiger charge is 2.24. The summed E-state index contributed by atoms with van der Waals surface area (Å²) in [7, 11) is 0. The van der Waals surface area contributed by atoms with Crippen LogP contribution in [0.1, 0.15) is 28.8 Å². The Morgan fingerprint density at radius 3 is 2.76 bits per heavy atom. The molecule has 3 heterocycles. The van der Waals surface area contributed by atoms with E-state index in [-0.39, 0.29) is 11.7 Å². The number of rotatable bonds is 6. The van der Waals surface area contributed by atoms with Gasteiger partial charge >= 0.3 is 0 Å². The van der Waals surface area contributed by atoms with Gasteiger partial charge in [-0.15, -0.1) is 21.5 Å². The first-order chi connectivity index (χ1) is 14.2. The van der Waals surface area contributed by atoms with Crippen LogP contribution < -0.4 is 5.73 Å². The molecule has 0 atom stereocenters. The van der Waals surface area contributed by atoms with Crippen LogP contribution in [0.4, 0.5) is 0 Å². The molecule has 4 aromatic rings. The second kappa shape index (κ2) is 7.97. The van der Waals surface area contributed by atoms with Crippen LogP contribution in [0, 0.1) is 0 Å². The summed E-state index contributed by atoms with van der Waals surface area (Å²) in [5, 5.41) is 11.5. The lowest BCUT2D eigenvalue weighted by atomic mass is 9.97. The molecule has 5 rings (SSSR count). The zero-order chi connectivity index (χ0) is 19.8. The number of amides is 1. The molecule has 29 heavy (non-hydrogen) atoms. The van der Waals surface area contributed by atoms with E-state index in [0.29, 0.717) is 5.16 Å². The second-order valence-electron chi connectivity index (χ2n) is 6.96. The minimum absolute atomic E-state index is 0.170. The molecule has 6 nitrogen and oxygen atoms in total. The number of benzene rings is 1. The van der Waals surface area contributed by atoms with Crippen LogP contribution >= 0.6 is 34.9 Å². The van der Waals surface area contributed by atoms with Crippen LogP contribution in [0.15, 0.2) is 40.6 Å². The molecular formula is C20H19N5OS3. The Morgan fingerprint density at radius 2 is 1.93 bits per heavy atom. The Hall–Kier alpha value is -2.10. The summed E-state index contributed by atoms with van der Waals surface area (Å²) in [4.78, 5) is 18.8. The van der Waals surface area contributed by atoms with Gasteiger partial charge < -0.3 is 5.73 Å². The van der Waals surface area contributed by atoms with Crippen LogP contribution in [-0.2, 0) is 23.4 Å². The molecule has 1 aromatic carbocycles. The first-order valence-corrected chi connectivity index (χ1v) is 12.3. The van der Waals surface area contributed by atoms with Gasteiger partial charge in [-0.25, -0.2) is 9.38 Å². The topological polar surface area (TPSA) is 86.2 Å². The summed E-state index contributed by atoms with van der Waals surface area (Å²) in [5.74, 6) is 0.605. The number of carbonyl (C=O) groups excluding carboxylic acids is 1. The number of aromatic nitrogens is 4. The number of nitrogens with zero attached hydrogens (tertiary/aromatic N) is 4. The number of thiophene rings is 1. The molecular weight excluding hydrogens is 422 g/mol. The molecule has 148 valence electrons. The molecule has 9 heteroatoms. The molecule has 1 aliphatic rings. The molecule has 0 spiro atoms. The molecule has 0 unspecified atom stereocenters. The summed E-state index contributed by atoms with van der Waals surface area (Å²) in [6.45, 7) is 0. The molecule has 1 aliphatic carbocycles. The van der Waals surface area contributed by atoms with Gasteiger partial charge in [0.2, 0.25) is 5.91 Å². The Labute approximate surface area is 180 Å². The maximum atomic E-state index is 11.3. The van der Waals surface area contributed by atoms with Crippen molar-refractivity contribution in [3.05, 3.63) is 46.3 Å². The first kappa shape index (κ1) is 18.9. The number of nitrogens with two attached hydrogens (primary N) is 1. The van der Waals surface area contributed by atoms with E-state index in [2.05, 4.69) is 22.3 Å². The molecule has 0 bridgehead atoms. The lowest BCUT2D eigenvalue weighted by Crippen LogP contribution is -2.13. The number of primary amides is 1. The van der Waals surface area contributed by atoms with E-state index in [4.69, 9.17) is 10.7 Å². The quantitative estimate of drug-likeness (QED) is 0.358. The Bertz CT molecular complexity index is 1200. The van der Waals surface area contributed by atoms with E-state index in [1.807, 2.05) is 22.6 Å².